The first-order valence-corrected chi connectivity index (χ1v) is 6.11. The predicted octanol–water partition coefficient (Wildman–Crippen LogP) is 3.54. The molecule has 0 spiro atoms. The van der Waals surface area contributed by atoms with E-state index in [0.29, 0.717) is 6.61 Å². The average molecular weight is 270 g/mol. The summed E-state index contributed by atoms with van der Waals surface area (Å²) in [5.41, 5.74) is 0.000464. The van der Waals surface area contributed by atoms with E-state index in [1.807, 2.05) is 6.92 Å². The first-order chi connectivity index (χ1) is 9.04. The van der Waals surface area contributed by atoms with Gasteiger partial charge < -0.3 is 4.74 Å². The van der Waals surface area contributed by atoms with Crippen LogP contribution in [-0.4, -0.2) is 18.4 Å². The summed E-state index contributed by atoms with van der Waals surface area (Å²) >= 11 is 0. The Balaban J connectivity index is 2.54. The zero-order valence-electron chi connectivity index (χ0n) is 10.7. The van der Waals surface area contributed by atoms with Gasteiger partial charge >= 0.3 is 5.97 Å². The van der Waals surface area contributed by atoms with E-state index in [-0.39, 0.29) is 29.8 Å². The number of halogens is 2. The highest BCUT2D eigenvalue weighted by molar-refractivity contribution is 5.97. The van der Waals surface area contributed by atoms with E-state index in [2.05, 4.69) is 0 Å². The second-order valence-corrected chi connectivity index (χ2v) is 4.07. The van der Waals surface area contributed by atoms with Crippen LogP contribution in [0, 0.1) is 0 Å². The molecule has 0 saturated carbocycles. The lowest BCUT2D eigenvalue weighted by Crippen LogP contribution is -2.09. The maximum atomic E-state index is 12.5. The van der Waals surface area contributed by atoms with Crippen LogP contribution in [0.4, 0.5) is 8.78 Å². The van der Waals surface area contributed by atoms with Gasteiger partial charge in [0.25, 0.3) is 6.43 Å². The molecule has 1 aromatic rings. The summed E-state index contributed by atoms with van der Waals surface area (Å²) in [7, 11) is 0. The molecule has 0 radical (unpaired) electrons. The van der Waals surface area contributed by atoms with E-state index in [9.17, 15) is 18.4 Å². The van der Waals surface area contributed by atoms with Crippen molar-refractivity contribution in [1.82, 2.24) is 0 Å². The topological polar surface area (TPSA) is 43.4 Å². The van der Waals surface area contributed by atoms with Crippen molar-refractivity contribution < 1.29 is 23.1 Å². The summed E-state index contributed by atoms with van der Waals surface area (Å²) in [6.07, 6.45) is -1.95. The van der Waals surface area contributed by atoms with E-state index < -0.39 is 12.4 Å². The van der Waals surface area contributed by atoms with Gasteiger partial charge in [0, 0.05) is 17.5 Å². The SMILES string of the molecule is CCCOC(=O)CCC(=O)c1cccc(C(F)F)c1. The molecule has 0 unspecified atom stereocenters. The van der Waals surface area contributed by atoms with Crippen molar-refractivity contribution in [3.8, 4) is 0 Å². The minimum atomic E-state index is -2.61. The largest absolute Gasteiger partial charge is 0.466 e. The zero-order valence-corrected chi connectivity index (χ0v) is 10.7. The highest BCUT2D eigenvalue weighted by atomic mass is 19.3. The summed E-state index contributed by atoms with van der Waals surface area (Å²) in [6.45, 7) is 2.20. The number of hydrogen-bond donors (Lipinski definition) is 0. The summed E-state index contributed by atoms with van der Waals surface area (Å²) in [4.78, 5) is 23.0. The van der Waals surface area contributed by atoms with Crippen LogP contribution in [0.15, 0.2) is 24.3 Å². The van der Waals surface area contributed by atoms with Crippen molar-refractivity contribution in [2.45, 2.75) is 32.6 Å². The molecule has 1 aromatic carbocycles. The van der Waals surface area contributed by atoms with Gasteiger partial charge in [0.1, 0.15) is 0 Å². The summed E-state index contributed by atoms with van der Waals surface area (Å²) in [6, 6.07) is 5.29. The monoisotopic (exact) mass is 270 g/mol. The quantitative estimate of drug-likeness (QED) is 0.562. The van der Waals surface area contributed by atoms with Crippen molar-refractivity contribution in [3.05, 3.63) is 35.4 Å². The molecule has 0 saturated heterocycles. The number of ketones is 1. The van der Waals surface area contributed by atoms with Crippen LogP contribution in [0.5, 0.6) is 0 Å². The fourth-order valence-electron chi connectivity index (χ4n) is 1.50. The Bertz CT molecular complexity index is 444. The van der Waals surface area contributed by atoms with Crippen LogP contribution in [0.1, 0.15) is 48.5 Å². The van der Waals surface area contributed by atoms with Gasteiger partial charge in [-0.25, -0.2) is 8.78 Å². The number of ether oxygens (including phenoxy) is 1. The highest BCUT2D eigenvalue weighted by Crippen LogP contribution is 2.20. The van der Waals surface area contributed by atoms with Crippen LogP contribution < -0.4 is 0 Å². The van der Waals surface area contributed by atoms with Gasteiger partial charge in [-0.2, -0.15) is 0 Å². The number of alkyl halides is 2. The molecular weight excluding hydrogens is 254 g/mol. The minimum absolute atomic E-state index is 0.0300. The number of hydrogen-bond acceptors (Lipinski definition) is 3. The minimum Gasteiger partial charge on any atom is -0.466 e. The number of esters is 1. The van der Waals surface area contributed by atoms with Gasteiger partial charge in [-0.3, -0.25) is 9.59 Å². The molecule has 0 N–H and O–H groups in total. The Kier molecular flexibility index (Phi) is 6.12. The summed E-state index contributed by atoms with van der Waals surface area (Å²) in [5, 5.41) is 0. The van der Waals surface area contributed by atoms with E-state index in [0.717, 1.165) is 12.5 Å². The molecule has 0 bridgehead atoms. The number of Topliss-reactive ketones (excluding diaryl/α,β-unsaturated/α-hetero) is 1. The Morgan fingerprint density at radius 1 is 1.26 bits per heavy atom. The van der Waals surface area contributed by atoms with Gasteiger partial charge in [-0.05, 0) is 12.5 Å². The van der Waals surface area contributed by atoms with Crippen LogP contribution >= 0.6 is 0 Å². The first-order valence-electron chi connectivity index (χ1n) is 6.11. The van der Waals surface area contributed by atoms with Gasteiger partial charge in [0.05, 0.1) is 13.0 Å². The van der Waals surface area contributed by atoms with Gasteiger partial charge in [0.2, 0.25) is 0 Å². The average Bonchev–Trinajstić information content (AvgIpc) is 2.42. The zero-order chi connectivity index (χ0) is 14.3. The Morgan fingerprint density at radius 2 is 2.00 bits per heavy atom. The van der Waals surface area contributed by atoms with Gasteiger partial charge in [-0.1, -0.05) is 25.1 Å². The van der Waals surface area contributed by atoms with E-state index in [4.69, 9.17) is 4.74 Å². The van der Waals surface area contributed by atoms with Crippen LogP contribution in [-0.2, 0) is 9.53 Å². The molecular formula is C14H16F2O3. The van der Waals surface area contributed by atoms with E-state index in [1.54, 1.807) is 0 Å². The van der Waals surface area contributed by atoms with Crippen LogP contribution in [0.3, 0.4) is 0 Å². The van der Waals surface area contributed by atoms with Crippen molar-refractivity contribution in [1.29, 1.82) is 0 Å². The van der Waals surface area contributed by atoms with E-state index >= 15 is 0 Å². The highest BCUT2D eigenvalue weighted by Gasteiger charge is 2.13. The Labute approximate surface area is 110 Å². The fourth-order valence-corrected chi connectivity index (χ4v) is 1.50. The maximum Gasteiger partial charge on any atom is 0.306 e. The number of carbonyl (C=O) groups excluding carboxylic acids is 2. The lowest BCUT2D eigenvalue weighted by Gasteiger charge is -2.05. The molecule has 1 rings (SSSR count). The number of carbonyl (C=O) groups is 2. The molecule has 3 nitrogen and oxygen atoms in total. The molecule has 0 aliphatic heterocycles. The molecule has 0 atom stereocenters. The third kappa shape index (κ3) is 5.16. The summed E-state index contributed by atoms with van der Waals surface area (Å²) < 4.78 is 29.8. The normalized spacial score (nSPS) is 10.5. The second kappa shape index (κ2) is 7.61. The van der Waals surface area contributed by atoms with Gasteiger partial charge in [0.15, 0.2) is 5.78 Å². The van der Waals surface area contributed by atoms with Crippen molar-refractivity contribution in [2.75, 3.05) is 6.61 Å². The first kappa shape index (κ1) is 15.3. The molecule has 19 heavy (non-hydrogen) atoms. The third-order valence-electron chi connectivity index (χ3n) is 2.48. The third-order valence-corrected chi connectivity index (χ3v) is 2.48. The number of benzene rings is 1. The predicted molar refractivity (Wildman–Crippen MR) is 66.2 cm³/mol. The van der Waals surface area contributed by atoms with Crippen molar-refractivity contribution in [2.24, 2.45) is 0 Å². The standard InChI is InChI=1S/C14H16F2O3/c1-2-8-19-13(18)7-6-12(17)10-4-3-5-11(9-10)14(15)16/h3-5,9,14H,2,6-8H2,1H3. The van der Waals surface area contributed by atoms with Crippen LogP contribution in [0.25, 0.3) is 0 Å². The lowest BCUT2D eigenvalue weighted by atomic mass is 10.0. The Morgan fingerprint density at radius 3 is 2.63 bits per heavy atom. The molecule has 104 valence electrons. The lowest BCUT2D eigenvalue weighted by molar-refractivity contribution is -0.143. The fraction of sp³-hybridized carbons (Fsp3) is 0.429. The molecule has 0 heterocycles. The van der Waals surface area contributed by atoms with Crippen LogP contribution in [0.2, 0.25) is 0 Å². The second-order valence-electron chi connectivity index (χ2n) is 4.07. The maximum absolute atomic E-state index is 12.5. The molecule has 5 heteroatoms. The van der Waals surface area contributed by atoms with E-state index in [1.165, 1.54) is 18.2 Å². The van der Waals surface area contributed by atoms with Crippen molar-refractivity contribution in [3.63, 3.8) is 0 Å². The smallest absolute Gasteiger partial charge is 0.306 e. The molecule has 0 fully saturated rings. The molecule has 0 aliphatic carbocycles. The molecule has 0 aliphatic rings. The molecule has 0 aromatic heterocycles. The molecule has 0 amide bonds. The Hall–Kier alpha value is -1.78. The summed E-state index contributed by atoms with van der Waals surface area (Å²) in [5.74, 6) is -0.781. The van der Waals surface area contributed by atoms with Gasteiger partial charge in [-0.15, -0.1) is 0 Å². The van der Waals surface area contributed by atoms with Crippen molar-refractivity contribution >= 4 is 11.8 Å². The number of rotatable bonds is 7.